The van der Waals surface area contributed by atoms with E-state index in [2.05, 4.69) is 0 Å². The van der Waals surface area contributed by atoms with E-state index < -0.39 is 33.6 Å². The fraction of sp³-hybridized carbons (Fsp3) is 0.348. The monoisotopic (exact) mass is 432 g/mol. The average molecular weight is 433 g/mol. The number of carbonyl (C=O) groups excluding carboxylic acids is 1. The molecule has 160 valence electrons. The minimum atomic E-state index is -3.78. The molecule has 0 fully saturated rings. The molecule has 2 unspecified atom stereocenters. The maximum Gasteiger partial charge on any atom is 0.342 e. The Labute approximate surface area is 176 Å². The summed E-state index contributed by atoms with van der Waals surface area (Å²) in [5.74, 6) is -2.34. The van der Waals surface area contributed by atoms with E-state index in [0.29, 0.717) is 5.56 Å². The zero-order chi connectivity index (χ0) is 22.2. The van der Waals surface area contributed by atoms with Crippen LogP contribution in [0.25, 0.3) is 5.57 Å². The normalized spacial score (nSPS) is 18.3. The van der Waals surface area contributed by atoms with Crippen LogP contribution in [0.15, 0.2) is 47.1 Å². The highest BCUT2D eigenvalue weighted by molar-refractivity contribution is 7.91. The summed E-state index contributed by atoms with van der Waals surface area (Å²) in [6.07, 6.45) is -0.774. The predicted octanol–water partition coefficient (Wildman–Crippen LogP) is 4.45. The number of aryl methyl sites for hydroxylation is 3. The summed E-state index contributed by atoms with van der Waals surface area (Å²) in [6.45, 7) is 7.32. The molecule has 2 aromatic rings. The van der Waals surface area contributed by atoms with E-state index in [1.165, 1.54) is 18.2 Å². The number of carbonyl (C=O) groups is 1. The summed E-state index contributed by atoms with van der Waals surface area (Å²) in [6, 6.07) is 8.65. The van der Waals surface area contributed by atoms with Crippen LogP contribution in [-0.4, -0.2) is 31.4 Å². The van der Waals surface area contributed by atoms with Gasteiger partial charge in [-0.15, -0.1) is 0 Å². The Morgan fingerprint density at radius 2 is 1.80 bits per heavy atom. The van der Waals surface area contributed by atoms with Crippen molar-refractivity contribution in [2.24, 2.45) is 5.92 Å². The molecule has 7 heteroatoms. The summed E-state index contributed by atoms with van der Waals surface area (Å²) in [5, 5.41) is 10.7. The molecule has 2 atom stereocenters. The first-order valence-electron chi connectivity index (χ1n) is 9.69. The quantitative estimate of drug-likeness (QED) is 0.707. The van der Waals surface area contributed by atoms with Crippen LogP contribution >= 0.6 is 0 Å². The van der Waals surface area contributed by atoms with Crippen LogP contribution in [0.3, 0.4) is 0 Å². The van der Waals surface area contributed by atoms with Crippen LogP contribution in [-0.2, 0) is 19.4 Å². The molecule has 3 rings (SSSR count). The Kier molecular flexibility index (Phi) is 6.04. The van der Waals surface area contributed by atoms with Crippen molar-refractivity contribution in [1.82, 2.24) is 0 Å². The van der Waals surface area contributed by atoms with Crippen molar-refractivity contribution in [2.45, 2.75) is 45.1 Å². The summed E-state index contributed by atoms with van der Waals surface area (Å²) < 4.78 is 44.2. The van der Waals surface area contributed by atoms with Crippen LogP contribution in [0.5, 0.6) is 0 Å². The van der Waals surface area contributed by atoms with Gasteiger partial charge in [-0.1, -0.05) is 30.7 Å². The molecule has 0 aliphatic carbocycles. The van der Waals surface area contributed by atoms with Gasteiger partial charge in [0.25, 0.3) is 0 Å². The van der Waals surface area contributed by atoms with E-state index in [0.717, 1.165) is 22.8 Å². The van der Waals surface area contributed by atoms with E-state index >= 15 is 0 Å². The zero-order valence-corrected chi connectivity index (χ0v) is 18.2. The molecule has 0 aromatic heterocycles. The van der Waals surface area contributed by atoms with Crippen molar-refractivity contribution in [3.05, 3.63) is 70.2 Å². The topological polar surface area (TPSA) is 80.7 Å². The SMILES string of the molecule is Cc1cc(C)c(C2=C(O)CC(C(C)CS(=O)(=O)c3cccc(F)c3)OC2=O)c(C)c1. The van der Waals surface area contributed by atoms with Crippen LogP contribution in [0.2, 0.25) is 0 Å². The van der Waals surface area contributed by atoms with Crippen molar-refractivity contribution in [3.63, 3.8) is 0 Å². The van der Waals surface area contributed by atoms with Gasteiger partial charge < -0.3 is 9.84 Å². The van der Waals surface area contributed by atoms with Crippen molar-refractivity contribution in [1.29, 1.82) is 0 Å². The lowest BCUT2D eigenvalue weighted by Crippen LogP contribution is -2.34. The Hall–Kier alpha value is -2.67. The number of rotatable bonds is 5. The highest BCUT2D eigenvalue weighted by atomic mass is 32.2. The molecule has 0 radical (unpaired) electrons. The minimum Gasteiger partial charge on any atom is -0.511 e. The van der Waals surface area contributed by atoms with E-state index in [4.69, 9.17) is 4.74 Å². The third-order valence-electron chi connectivity index (χ3n) is 5.34. The highest BCUT2D eigenvalue weighted by Gasteiger charge is 2.36. The Morgan fingerprint density at radius 3 is 2.37 bits per heavy atom. The zero-order valence-electron chi connectivity index (χ0n) is 17.4. The number of aliphatic hydroxyl groups is 1. The lowest BCUT2D eigenvalue weighted by Gasteiger charge is -2.29. The predicted molar refractivity (Wildman–Crippen MR) is 112 cm³/mol. The van der Waals surface area contributed by atoms with Crippen LogP contribution in [0, 0.1) is 32.5 Å². The number of hydrogen-bond donors (Lipinski definition) is 1. The molecule has 1 heterocycles. The largest absolute Gasteiger partial charge is 0.511 e. The lowest BCUT2D eigenvalue weighted by atomic mass is 9.89. The van der Waals surface area contributed by atoms with Gasteiger partial charge in [0, 0.05) is 12.3 Å². The summed E-state index contributed by atoms with van der Waals surface area (Å²) in [4.78, 5) is 12.6. The number of cyclic esters (lactones) is 1. The smallest absolute Gasteiger partial charge is 0.342 e. The minimum absolute atomic E-state index is 0.0215. The second kappa shape index (κ2) is 8.22. The van der Waals surface area contributed by atoms with E-state index in [1.807, 2.05) is 32.9 Å². The third kappa shape index (κ3) is 4.41. The first-order valence-corrected chi connectivity index (χ1v) is 11.3. The van der Waals surface area contributed by atoms with Gasteiger partial charge in [-0.2, -0.15) is 0 Å². The maximum absolute atomic E-state index is 13.4. The van der Waals surface area contributed by atoms with Gasteiger partial charge in [-0.25, -0.2) is 17.6 Å². The molecule has 30 heavy (non-hydrogen) atoms. The third-order valence-corrected chi connectivity index (χ3v) is 7.28. The van der Waals surface area contributed by atoms with Crippen molar-refractivity contribution in [2.75, 3.05) is 5.75 Å². The first kappa shape index (κ1) is 22.0. The number of ether oxygens (including phenoxy) is 1. The van der Waals surface area contributed by atoms with Gasteiger partial charge in [-0.3, -0.25) is 0 Å². The summed E-state index contributed by atoms with van der Waals surface area (Å²) >= 11 is 0. The van der Waals surface area contributed by atoms with Gasteiger partial charge in [0.2, 0.25) is 0 Å². The molecule has 0 spiro atoms. The average Bonchev–Trinajstić information content (AvgIpc) is 2.62. The number of sulfone groups is 1. The van der Waals surface area contributed by atoms with E-state index in [-0.39, 0.29) is 28.4 Å². The molecular weight excluding hydrogens is 407 g/mol. The second-order valence-corrected chi connectivity index (χ2v) is 9.99. The first-order chi connectivity index (χ1) is 14.0. The molecule has 0 bridgehead atoms. The number of esters is 1. The molecule has 1 N–H and O–H groups in total. The molecular formula is C23H25FO5S. The molecule has 0 amide bonds. The molecule has 1 aliphatic rings. The van der Waals surface area contributed by atoms with Crippen molar-refractivity contribution >= 4 is 21.4 Å². The van der Waals surface area contributed by atoms with Crippen LogP contribution in [0.4, 0.5) is 4.39 Å². The Balaban J connectivity index is 1.85. The maximum atomic E-state index is 13.4. The summed E-state index contributed by atoms with van der Waals surface area (Å²) in [7, 11) is -3.78. The standard InChI is InChI=1S/C23H25FO5S/c1-13-8-14(2)21(15(3)9-13)22-19(25)11-20(29-23(22)26)16(4)12-30(27,28)18-7-5-6-17(24)10-18/h5-10,16,20,25H,11-12H2,1-4H3. The fourth-order valence-electron chi connectivity index (χ4n) is 4.00. The molecule has 2 aromatic carbocycles. The van der Waals surface area contributed by atoms with Gasteiger partial charge in [0.1, 0.15) is 23.3 Å². The van der Waals surface area contributed by atoms with Crippen LogP contribution in [0.1, 0.15) is 35.6 Å². The Bertz CT molecular complexity index is 1110. The molecule has 0 saturated heterocycles. The Morgan fingerprint density at radius 1 is 1.17 bits per heavy atom. The van der Waals surface area contributed by atoms with E-state index in [1.54, 1.807) is 6.92 Å². The lowest BCUT2D eigenvalue weighted by molar-refractivity contribution is -0.145. The summed E-state index contributed by atoms with van der Waals surface area (Å²) in [5.41, 5.74) is 3.52. The van der Waals surface area contributed by atoms with Gasteiger partial charge in [0.05, 0.1) is 10.6 Å². The van der Waals surface area contributed by atoms with Crippen LogP contribution < -0.4 is 0 Å². The van der Waals surface area contributed by atoms with Crippen molar-refractivity contribution in [3.8, 4) is 0 Å². The number of benzene rings is 2. The van der Waals surface area contributed by atoms with E-state index in [9.17, 15) is 22.7 Å². The number of aliphatic hydroxyl groups excluding tert-OH is 1. The van der Waals surface area contributed by atoms with Crippen molar-refractivity contribution < 1.29 is 27.4 Å². The second-order valence-electron chi connectivity index (χ2n) is 7.96. The highest BCUT2D eigenvalue weighted by Crippen LogP contribution is 2.35. The van der Waals surface area contributed by atoms with Gasteiger partial charge in [-0.05, 0) is 55.7 Å². The molecule has 5 nitrogen and oxygen atoms in total. The number of hydrogen-bond acceptors (Lipinski definition) is 5. The van der Waals surface area contributed by atoms with Gasteiger partial charge >= 0.3 is 5.97 Å². The molecule has 0 saturated carbocycles. The van der Waals surface area contributed by atoms with Gasteiger partial charge in [0.15, 0.2) is 9.84 Å². The number of halogens is 1. The fourth-order valence-corrected chi connectivity index (χ4v) is 5.67. The molecule has 1 aliphatic heterocycles.